The van der Waals surface area contributed by atoms with Gasteiger partial charge in [0.25, 0.3) is 0 Å². The van der Waals surface area contributed by atoms with Crippen LogP contribution in [0.3, 0.4) is 0 Å². The molecule has 0 saturated carbocycles. The third-order valence-electron chi connectivity index (χ3n) is 3.94. The van der Waals surface area contributed by atoms with Crippen LogP contribution in [-0.4, -0.2) is 44.0 Å². The minimum Gasteiger partial charge on any atom is -0.494 e. The number of guanidine groups is 1. The number of nitrogens with one attached hydrogen (secondary N) is 2. The van der Waals surface area contributed by atoms with Gasteiger partial charge in [0.2, 0.25) is 5.91 Å². The van der Waals surface area contributed by atoms with E-state index < -0.39 is 29.0 Å². The number of amides is 1. The number of aliphatic imine (C=N–C) groups is 1. The lowest BCUT2D eigenvalue weighted by Gasteiger charge is -2.22. The van der Waals surface area contributed by atoms with Crippen LogP contribution in [0.2, 0.25) is 0 Å². The summed E-state index contributed by atoms with van der Waals surface area (Å²) in [5.74, 6) is -3.83. The summed E-state index contributed by atoms with van der Waals surface area (Å²) in [6.07, 6.45) is 0. The molecule has 0 unspecified atom stereocenters. The van der Waals surface area contributed by atoms with Gasteiger partial charge in [0, 0.05) is 20.6 Å². The minimum absolute atomic E-state index is 0.237. The van der Waals surface area contributed by atoms with Gasteiger partial charge in [-0.25, -0.2) is 13.2 Å². The summed E-state index contributed by atoms with van der Waals surface area (Å²) in [6.45, 7) is 2.78. The van der Waals surface area contributed by atoms with Crippen LogP contribution in [0, 0.1) is 17.5 Å². The SMILES string of the molecule is CCOc1ccc(CN(C)C(=NC)NCC(=O)Nc2ccc(F)c(F)c2F)cc1. The van der Waals surface area contributed by atoms with Crippen LogP contribution in [0.15, 0.2) is 41.4 Å². The molecule has 0 bridgehead atoms. The highest BCUT2D eigenvalue weighted by molar-refractivity contribution is 5.95. The third kappa shape index (κ3) is 6.13. The van der Waals surface area contributed by atoms with Crippen LogP contribution in [0.4, 0.5) is 18.9 Å². The van der Waals surface area contributed by atoms with Crippen LogP contribution in [-0.2, 0) is 11.3 Å². The second-order valence-electron chi connectivity index (χ2n) is 6.10. The number of hydrogen-bond acceptors (Lipinski definition) is 3. The molecule has 6 nitrogen and oxygen atoms in total. The Morgan fingerprint density at radius 2 is 1.79 bits per heavy atom. The largest absolute Gasteiger partial charge is 0.494 e. The van der Waals surface area contributed by atoms with Crippen molar-refractivity contribution in [3.8, 4) is 5.75 Å². The van der Waals surface area contributed by atoms with E-state index in [1.165, 1.54) is 0 Å². The van der Waals surface area contributed by atoms with Gasteiger partial charge in [-0.3, -0.25) is 9.79 Å². The summed E-state index contributed by atoms with van der Waals surface area (Å²) in [4.78, 5) is 17.9. The Morgan fingerprint density at radius 3 is 2.41 bits per heavy atom. The number of anilines is 1. The first-order valence-electron chi connectivity index (χ1n) is 8.92. The summed E-state index contributed by atoms with van der Waals surface area (Å²) < 4.78 is 45.2. The Hall–Kier alpha value is -3.23. The third-order valence-corrected chi connectivity index (χ3v) is 3.94. The van der Waals surface area contributed by atoms with Crippen LogP contribution in [0.1, 0.15) is 12.5 Å². The highest BCUT2D eigenvalue weighted by Gasteiger charge is 2.16. The van der Waals surface area contributed by atoms with E-state index in [9.17, 15) is 18.0 Å². The summed E-state index contributed by atoms with van der Waals surface area (Å²) in [5.41, 5.74) is 0.570. The fraction of sp³-hybridized carbons (Fsp3) is 0.300. The maximum Gasteiger partial charge on any atom is 0.243 e. The highest BCUT2D eigenvalue weighted by atomic mass is 19.2. The number of carbonyl (C=O) groups excluding carboxylic acids is 1. The topological polar surface area (TPSA) is 66.0 Å². The predicted molar refractivity (Wildman–Crippen MR) is 105 cm³/mol. The maximum absolute atomic E-state index is 13.6. The fourth-order valence-electron chi connectivity index (χ4n) is 2.57. The fourth-order valence-corrected chi connectivity index (χ4v) is 2.57. The molecule has 2 aromatic carbocycles. The van der Waals surface area contributed by atoms with Crippen LogP contribution in [0.25, 0.3) is 0 Å². The van der Waals surface area contributed by atoms with E-state index in [4.69, 9.17) is 4.74 Å². The first-order valence-corrected chi connectivity index (χ1v) is 8.92. The number of rotatable bonds is 7. The first kappa shape index (κ1) is 22.1. The zero-order valence-electron chi connectivity index (χ0n) is 16.4. The number of hydrogen-bond donors (Lipinski definition) is 2. The van der Waals surface area contributed by atoms with Gasteiger partial charge in [0.1, 0.15) is 5.75 Å². The molecule has 0 atom stereocenters. The monoisotopic (exact) mass is 408 g/mol. The smallest absolute Gasteiger partial charge is 0.243 e. The average Bonchev–Trinajstić information content (AvgIpc) is 2.70. The summed E-state index contributed by atoms with van der Waals surface area (Å²) in [5, 5.41) is 5.03. The zero-order valence-corrected chi connectivity index (χ0v) is 16.4. The molecule has 0 aliphatic carbocycles. The van der Waals surface area contributed by atoms with E-state index >= 15 is 0 Å². The van der Waals surface area contributed by atoms with Crippen molar-refractivity contribution in [3.63, 3.8) is 0 Å². The molecule has 2 rings (SSSR count). The zero-order chi connectivity index (χ0) is 21.4. The first-order chi connectivity index (χ1) is 13.8. The second kappa shape index (κ2) is 10.4. The summed E-state index contributed by atoms with van der Waals surface area (Å²) >= 11 is 0. The van der Waals surface area contributed by atoms with Gasteiger partial charge in [-0.15, -0.1) is 0 Å². The van der Waals surface area contributed by atoms with Gasteiger partial charge in [-0.05, 0) is 36.8 Å². The molecule has 0 fully saturated rings. The van der Waals surface area contributed by atoms with E-state index in [0.717, 1.165) is 23.4 Å². The quantitative estimate of drug-likeness (QED) is 0.420. The van der Waals surface area contributed by atoms with E-state index in [1.807, 2.05) is 31.2 Å². The van der Waals surface area contributed by atoms with E-state index in [-0.39, 0.29) is 6.54 Å². The van der Waals surface area contributed by atoms with Gasteiger partial charge in [-0.2, -0.15) is 0 Å². The molecular formula is C20H23F3N4O2. The van der Waals surface area contributed by atoms with Crippen LogP contribution in [0.5, 0.6) is 5.75 Å². The molecule has 0 radical (unpaired) electrons. The molecule has 1 amide bonds. The van der Waals surface area contributed by atoms with E-state index in [2.05, 4.69) is 15.6 Å². The van der Waals surface area contributed by atoms with Gasteiger partial charge >= 0.3 is 0 Å². The molecule has 0 aromatic heterocycles. The van der Waals surface area contributed by atoms with Crippen molar-refractivity contribution in [2.45, 2.75) is 13.5 Å². The normalized spacial score (nSPS) is 11.2. The predicted octanol–water partition coefficient (Wildman–Crippen LogP) is 3.15. The molecule has 29 heavy (non-hydrogen) atoms. The molecule has 156 valence electrons. The van der Waals surface area contributed by atoms with Crippen molar-refractivity contribution in [2.24, 2.45) is 4.99 Å². The Morgan fingerprint density at radius 1 is 1.10 bits per heavy atom. The second-order valence-corrected chi connectivity index (χ2v) is 6.10. The van der Waals surface area contributed by atoms with Crippen molar-refractivity contribution < 1.29 is 22.7 Å². The lowest BCUT2D eigenvalue weighted by atomic mass is 10.2. The molecule has 9 heteroatoms. The van der Waals surface area contributed by atoms with Crippen molar-refractivity contribution in [1.82, 2.24) is 10.2 Å². The molecule has 0 aliphatic rings. The molecule has 0 aliphatic heterocycles. The standard InChI is InChI=1S/C20H23F3N4O2/c1-4-29-14-7-5-13(6-8-14)12-27(3)20(24-2)25-11-17(28)26-16-10-9-15(21)18(22)19(16)23/h5-10H,4,11-12H2,1-3H3,(H,24,25)(H,26,28). The Bertz CT molecular complexity index is 873. The van der Waals surface area contributed by atoms with Crippen molar-refractivity contribution in [2.75, 3.05) is 32.6 Å². The number of benzene rings is 2. The number of carbonyl (C=O) groups is 1. The number of ether oxygens (including phenoxy) is 1. The summed E-state index contributed by atoms with van der Waals surface area (Å²) in [6, 6.07) is 9.28. The average molecular weight is 408 g/mol. The minimum atomic E-state index is -1.64. The number of halogens is 3. The summed E-state index contributed by atoms with van der Waals surface area (Å²) in [7, 11) is 3.35. The van der Waals surface area contributed by atoms with Gasteiger partial charge < -0.3 is 20.3 Å². The van der Waals surface area contributed by atoms with Gasteiger partial charge in [-0.1, -0.05) is 12.1 Å². The molecular weight excluding hydrogens is 385 g/mol. The lowest BCUT2D eigenvalue weighted by molar-refractivity contribution is -0.115. The van der Waals surface area contributed by atoms with E-state index in [1.54, 1.807) is 19.0 Å². The van der Waals surface area contributed by atoms with E-state index in [0.29, 0.717) is 19.1 Å². The molecule has 2 aromatic rings. The number of nitrogens with zero attached hydrogens (tertiary/aromatic N) is 2. The molecule has 0 spiro atoms. The highest BCUT2D eigenvalue weighted by Crippen LogP contribution is 2.19. The van der Waals surface area contributed by atoms with Crippen molar-refractivity contribution in [1.29, 1.82) is 0 Å². The molecule has 0 saturated heterocycles. The lowest BCUT2D eigenvalue weighted by Crippen LogP contribution is -2.42. The Kier molecular flexibility index (Phi) is 7.88. The van der Waals surface area contributed by atoms with Crippen molar-refractivity contribution >= 4 is 17.6 Å². The van der Waals surface area contributed by atoms with Gasteiger partial charge in [0.05, 0.1) is 18.8 Å². The van der Waals surface area contributed by atoms with Crippen LogP contribution >= 0.6 is 0 Å². The van der Waals surface area contributed by atoms with Crippen LogP contribution < -0.4 is 15.4 Å². The van der Waals surface area contributed by atoms with Gasteiger partial charge in [0.15, 0.2) is 23.4 Å². The Labute approximate surface area is 167 Å². The molecule has 2 N–H and O–H groups in total. The Balaban J connectivity index is 1.90. The maximum atomic E-state index is 13.6. The molecule has 0 heterocycles. The van der Waals surface area contributed by atoms with Crippen molar-refractivity contribution in [3.05, 3.63) is 59.4 Å².